The quantitative estimate of drug-likeness (QED) is 0.150. The normalized spacial score (nSPS) is 13.3. The predicted octanol–water partition coefficient (Wildman–Crippen LogP) is 13.8. The van der Waals surface area contributed by atoms with Gasteiger partial charge < -0.3 is 14.0 Å². The zero-order valence-corrected chi connectivity index (χ0v) is 34.8. The number of fused-ring (bicyclic) bond motifs is 5. The molecule has 1 radical (unpaired) electrons. The molecule has 0 spiro atoms. The number of pyridine rings is 1. The summed E-state index contributed by atoms with van der Waals surface area (Å²) in [7, 11) is 0. The molecule has 0 aliphatic carbocycles. The van der Waals surface area contributed by atoms with Gasteiger partial charge in [-0.15, -0.1) is 54.1 Å². The van der Waals surface area contributed by atoms with Crippen LogP contribution in [-0.4, -0.2) is 14.5 Å². The number of hydrogen-bond acceptors (Lipinski definition) is 3. The van der Waals surface area contributed by atoms with Crippen LogP contribution >= 0.6 is 0 Å². The average Bonchev–Trinajstić information content (AvgIpc) is 3.80. The molecular formula is C51H47IrN3O-2. The molecule has 4 nitrogen and oxygen atoms in total. The third-order valence-electron chi connectivity index (χ3n) is 9.98. The minimum atomic E-state index is -2.47. The van der Waals surface area contributed by atoms with Gasteiger partial charge in [0.1, 0.15) is 5.58 Å². The van der Waals surface area contributed by atoms with Crippen molar-refractivity contribution in [3.63, 3.8) is 0 Å². The maximum absolute atomic E-state index is 8.59. The second-order valence-corrected chi connectivity index (χ2v) is 14.9. The Morgan fingerprint density at radius 1 is 0.750 bits per heavy atom. The number of para-hydroxylation sites is 3. The standard InChI is InChI=1S/C26H22NO.C25H25N2.Ir/c1-16(2)11-20-13-24(27-15-17(20)3)22-10-6-9-21-23-12-18-7-4-5-8-19(18)14-25(23)28-26(21)22;1-17(2)20-13-10-14-21(18(3)4)24(20)27-23-16-9-8-15-22(23)26-25(27)19-11-6-5-7-12-19;/h4-9,12-16H,11H2,1-3H3;5-11,13-18H,1-4H3;/q2*-1;/i3D3,11D2;;. The number of hydrogen-bond donors (Lipinski definition) is 0. The van der Waals surface area contributed by atoms with E-state index in [0.29, 0.717) is 28.7 Å². The summed E-state index contributed by atoms with van der Waals surface area (Å²) in [6, 6.07) is 47.1. The van der Waals surface area contributed by atoms with Gasteiger partial charge in [-0.1, -0.05) is 119 Å². The van der Waals surface area contributed by atoms with E-state index in [9.17, 15) is 0 Å². The SMILES string of the molecule is CC(C)c1cccc(C(C)C)c1-n1c(-c2[c-]cccc2)nc2ccccc21.[2H]C([2H])([2H])c1cnc(-c2[c-]ccc3c2oc2cc4ccccc4cc23)cc1C([2H])([2H])C(C)C.[Ir]. The van der Waals surface area contributed by atoms with Crippen LogP contribution in [0.5, 0.6) is 0 Å². The Kier molecular flexibility index (Phi) is 9.62. The molecule has 0 atom stereocenters. The number of aryl methyl sites for hydroxylation is 1. The molecule has 0 N–H and O–H groups in total. The van der Waals surface area contributed by atoms with Crippen LogP contribution in [0.2, 0.25) is 0 Å². The van der Waals surface area contributed by atoms with Crippen molar-refractivity contribution in [1.82, 2.24) is 14.5 Å². The minimum absolute atomic E-state index is 0. The zero-order chi connectivity index (χ0) is 42.5. The van der Waals surface area contributed by atoms with Crippen molar-refractivity contribution in [3.8, 4) is 28.3 Å². The fourth-order valence-electron chi connectivity index (χ4n) is 7.37. The van der Waals surface area contributed by atoms with Crippen molar-refractivity contribution < 1.29 is 31.4 Å². The van der Waals surface area contributed by atoms with Gasteiger partial charge in [-0.2, -0.15) is 0 Å². The van der Waals surface area contributed by atoms with Crippen LogP contribution in [0.1, 0.15) is 82.5 Å². The fraction of sp³-hybridized carbons (Fsp3) is 0.216. The molecule has 0 aliphatic heterocycles. The monoisotopic (exact) mass is 915 g/mol. The van der Waals surface area contributed by atoms with Gasteiger partial charge in [0.2, 0.25) is 0 Å². The maximum Gasteiger partial charge on any atom is 0.121 e. The van der Waals surface area contributed by atoms with Crippen LogP contribution < -0.4 is 0 Å². The van der Waals surface area contributed by atoms with Crippen LogP contribution in [0.15, 0.2) is 132 Å². The second-order valence-electron chi connectivity index (χ2n) is 14.9. The van der Waals surface area contributed by atoms with Crippen molar-refractivity contribution >= 4 is 43.7 Å². The fourth-order valence-corrected chi connectivity index (χ4v) is 7.37. The van der Waals surface area contributed by atoms with Crippen LogP contribution in [-0.2, 0) is 26.5 Å². The molecule has 3 heterocycles. The summed E-state index contributed by atoms with van der Waals surface area (Å²) in [5.74, 6) is 1.37. The topological polar surface area (TPSA) is 43.9 Å². The Balaban J connectivity index is 0.000000185. The number of aromatic nitrogens is 3. The molecule has 0 amide bonds. The Morgan fingerprint density at radius 2 is 1.46 bits per heavy atom. The van der Waals surface area contributed by atoms with E-state index in [1.807, 2.05) is 48.5 Å². The smallest absolute Gasteiger partial charge is 0.121 e. The maximum atomic E-state index is 8.59. The van der Waals surface area contributed by atoms with E-state index in [-0.39, 0.29) is 31.2 Å². The van der Waals surface area contributed by atoms with Gasteiger partial charge in [0.15, 0.2) is 0 Å². The molecule has 0 fully saturated rings. The van der Waals surface area contributed by atoms with Crippen molar-refractivity contribution in [1.29, 1.82) is 0 Å². The van der Waals surface area contributed by atoms with Gasteiger partial charge in [-0.05, 0) is 88.4 Å². The first-order chi connectivity index (χ1) is 28.6. The van der Waals surface area contributed by atoms with Crippen LogP contribution in [0, 0.1) is 24.9 Å². The van der Waals surface area contributed by atoms with Gasteiger partial charge in [0.25, 0.3) is 0 Å². The third kappa shape index (κ3) is 7.46. The van der Waals surface area contributed by atoms with Gasteiger partial charge in [-0.25, -0.2) is 0 Å². The van der Waals surface area contributed by atoms with Gasteiger partial charge in [0.05, 0.1) is 22.4 Å². The summed E-state index contributed by atoms with van der Waals surface area (Å²) < 4.78 is 49.4. The number of rotatable bonds is 7. The minimum Gasteiger partial charge on any atom is -0.501 e. The molecule has 5 heteroatoms. The molecular weight excluding hydrogens is 863 g/mol. The van der Waals surface area contributed by atoms with Crippen molar-refractivity contribution in [3.05, 3.63) is 162 Å². The molecule has 0 saturated heterocycles. The van der Waals surface area contributed by atoms with Crippen molar-refractivity contribution in [2.24, 2.45) is 5.92 Å². The number of imidazole rings is 1. The molecule has 0 saturated carbocycles. The van der Waals surface area contributed by atoms with Crippen LogP contribution in [0.3, 0.4) is 0 Å². The van der Waals surface area contributed by atoms with E-state index in [1.165, 1.54) is 29.1 Å². The zero-order valence-electron chi connectivity index (χ0n) is 37.4. The summed E-state index contributed by atoms with van der Waals surface area (Å²) >= 11 is 0. The third-order valence-corrected chi connectivity index (χ3v) is 9.98. The van der Waals surface area contributed by atoms with Crippen molar-refractivity contribution in [2.75, 3.05) is 0 Å². The largest absolute Gasteiger partial charge is 0.501 e. The number of benzene rings is 6. The Labute approximate surface area is 351 Å². The molecule has 9 aromatic rings. The molecule has 0 bridgehead atoms. The van der Waals surface area contributed by atoms with Crippen LogP contribution in [0.25, 0.3) is 72.1 Å². The molecule has 56 heavy (non-hydrogen) atoms. The molecule has 0 unspecified atom stereocenters. The first-order valence-electron chi connectivity index (χ1n) is 21.5. The van der Waals surface area contributed by atoms with Crippen molar-refractivity contribution in [2.45, 2.75) is 66.6 Å². The van der Waals surface area contributed by atoms with E-state index >= 15 is 0 Å². The van der Waals surface area contributed by atoms with E-state index in [2.05, 4.69) is 110 Å². The van der Waals surface area contributed by atoms with Gasteiger partial charge in [0, 0.05) is 44.2 Å². The predicted molar refractivity (Wildman–Crippen MR) is 230 cm³/mol. The summed E-state index contributed by atoms with van der Waals surface area (Å²) in [6.45, 7) is 10.0. The number of furan rings is 1. The van der Waals surface area contributed by atoms with Crippen LogP contribution in [0.4, 0.5) is 0 Å². The van der Waals surface area contributed by atoms with E-state index in [4.69, 9.17) is 16.3 Å². The van der Waals surface area contributed by atoms with Gasteiger partial charge >= 0.3 is 0 Å². The summed E-state index contributed by atoms with van der Waals surface area (Å²) in [5.41, 5.74) is 9.51. The molecule has 0 aliphatic rings. The molecule has 283 valence electrons. The summed E-state index contributed by atoms with van der Waals surface area (Å²) in [5, 5.41) is 4.05. The van der Waals surface area contributed by atoms with E-state index in [0.717, 1.165) is 49.5 Å². The Bertz CT molecular complexity index is 2980. The molecule has 9 rings (SSSR count). The number of nitrogens with zero attached hydrogens (tertiary/aromatic N) is 3. The van der Waals surface area contributed by atoms with Gasteiger partial charge in [-0.3, -0.25) is 4.98 Å². The first kappa shape index (κ1) is 32.9. The van der Waals surface area contributed by atoms with E-state index < -0.39 is 19.1 Å². The Hall–Kier alpha value is -5.35. The summed E-state index contributed by atoms with van der Waals surface area (Å²) in [4.78, 5) is 9.40. The summed E-state index contributed by atoms with van der Waals surface area (Å²) in [6.07, 6.45) is -0.581. The molecule has 3 aromatic heterocycles. The Morgan fingerprint density at radius 3 is 2.16 bits per heavy atom. The first-order valence-corrected chi connectivity index (χ1v) is 19.0. The van der Waals surface area contributed by atoms with E-state index in [1.54, 1.807) is 19.9 Å². The average molecular weight is 915 g/mol. The second kappa shape index (κ2) is 16.4. The molecule has 6 aromatic carbocycles.